The summed E-state index contributed by atoms with van der Waals surface area (Å²) in [6.45, 7) is 0. The molecule has 0 aliphatic heterocycles. The van der Waals surface area contributed by atoms with Crippen molar-refractivity contribution < 1.29 is 4.79 Å². The van der Waals surface area contributed by atoms with Gasteiger partial charge in [0, 0.05) is 10.0 Å². The Kier molecular flexibility index (Phi) is 2.68. The van der Waals surface area contributed by atoms with Gasteiger partial charge in [0.15, 0.2) is 11.9 Å². The Hall–Kier alpha value is -2.01. The summed E-state index contributed by atoms with van der Waals surface area (Å²) in [7, 11) is 0. The van der Waals surface area contributed by atoms with Gasteiger partial charge in [-0.25, -0.2) is 9.50 Å². The Balaban J connectivity index is 2.24. The second-order valence-electron chi connectivity index (χ2n) is 3.77. The molecule has 4 nitrogen and oxygen atoms in total. The molecule has 0 radical (unpaired) electrons. The van der Waals surface area contributed by atoms with Crippen LogP contribution < -0.4 is 0 Å². The summed E-state index contributed by atoms with van der Waals surface area (Å²) in [4.78, 5) is 15.0. The number of imidazole rings is 1. The number of carbonyl (C=O) groups is 1. The number of hydrogen-bond acceptors (Lipinski definition) is 3. The molecule has 0 N–H and O–H groups in total. The smallest absolute Gasteiger partial charge is 0.170 e. The van der Waals surface area contributed by atoms with E-state index in [-0.39, 0.29) is 0 Å². The minimum absolute atomic E-state index is 0.443. The number of benzene rings is 1. The first kappa shape index (κ1) is 11.1. The summed E-state index contributed by atoms with van der Waals surface area (Å²) >= 11 is 3.49. The van der Waals surface area contributed by atoms with E-state index in [1.54, 1.807) is 4.52 Å². The molecule has 0 saturated carbocycles. The third kappa shape index (κ3) is 1.73. The first-order valence-corrected chi connectivity index (χ1v) is 6.14. The maximum absolute atomic E-state index is 10.9. The van der Waals surface area contributed by atoms with Gasteiger partial charge in [-0.05, 0) is 18.2 Å². The monoisotopic (exact) mass is 301 g/mol. The standard InChI is InChI=1S/C13H8BrN3O/c14-11-4-2-1-3-10(11)12-5-6-13-15-7-9(8-18)17(13)16-12/h1-8H. The second kappa shape index (κ2) is 4.34. The summed E-state index contributed by atoms with van der Waals surface area (Å²) in [5, 5.41) is 4.43. The van der Waals surface area contributed by atoms with Crippen LogP contribution in [0, 0.1) is 0 Å². The number of fused-ring (bicyclic) bond motifs is 1. The topological polar surface area (TPSA) is 47.3 Å². The lowest BCUT2D eigenvalue weighted by atomic mass is 10.1. The fourth-order valence-corrected chi connectivity index (χ4v) is 2.27. The van der Waals surface area contributed by atoms with Gasteiger partial charge in [0.2, 0.25) is 0 Å². The van der Waals surface area contributed by atoms with Gasteiger partial charge in [0.1, 0.15) is 5.69 Å². The molecule has 5 heteroatoms. The highest BCUT2D eigenvalue weighted by atomic mass is 79.9. The van der Waals surface area contributed by atoms with E-state index in [1.165, 1.54) is 6.20 Å². The lowest BCUT2D eigenvalue weighted by Gasteiger charge is -2.04. The van der Waals surface area contributed by atoms with Crippen LogP contribution in [0.25, 0.3) is 16.9 Å². The van der Waals surface area contributed by atoms with Crippen molar-refractivity contribution in [3.05, 3.63) is 52.8 Å². The van der Waals surface area contributed by atoms with Crippen LogP contribution in [-0.4, -0.2) is 20.9 Å². The molecule has 0 spiro atoms. The molecule has 0 saturated heterocycles. The van der Waals surface area contributed by atoms with Crippen LogP contribution in [0.4, 0.5) is 0 Å². The third-order valence-corrected chi connectivity index (χ3v) is 3.35. The van der Waals surface area contributed by atoms with Crippen LogP contribution in [-0.2, 0) is 0 Å². The zero-order chi connectivity index (χ0) is 12.5. The first-order chi connectivity index (χ1) is 8.79. The summed E-state index contributed by atoms with van der Waals surface area (Å²) < 4.78 is 2.51. The highest BCUT2D eigenvalue weighted by Gasteiger charge is 2.08. The van der Waals surface area contributed by atoms with E-state index in [1.807, 2.05) is 36.4 Å². The number of halogens is 1. The van der Waals surface area contributed by atoms with E-state index in [0.29, 0.717) is 11.3 Å². The molecule has 88 valence electrons. The SMILES string of the molecule is O=Cc1cnc2ccc(-c3ccccc3Br)nn12. The maximum atomic E-state index is 10.9. The molecule has 0 fully saturated rings. The van der Waals surface area contributed by atoms with Gasteiger partial charge in [-0.1, -0.05) is 34.1 Å². The van der Waals surface area contributed by atoms with E-state index in [9.17, 15) is 4.79 Å². The summed E-state index contributed by atoms with van der Waals surface area (Å²) in [6.07, 6.45) is 2.26. The Morgan fingerprint density at radius 3 is 2.78 bits per heavy atom. The number of aldehydes is 1. The lowest BCUT2D eigenvalue weighted by Crippen LogP contribution is -1.98. The quantitative estimate of drug-likeness (QED) is 0.684. The molecule has 2 aromatic heterocycles. The van der Waals surface area contributed by atoms with Crippen molar-refractivity contribution >= 4 is 27.9 Å². The van der Waals surface area contributed by atoms with Gasteiger partial charge in [0.05, 0.1) is 11.9 Å². The molecule has 0 amide bonds. The number of hydrogen-bond donors (Lipinski definition) is 0. The van der Waals surface area contributed by atoms with Gasteiger partial charge in [-0.3, -0.25) is 4.79 Å². The van der Waals surface area contributed by atoms with Crippen molar-refractivity contribution in [3.63, 3.8) is 0 Å². The lowest BCUT2D eigenvalue weighted by molar-refractivity contribution is 0.111. The van der Waals surface area contributed by atoms with E-state index in [2.05, 4.69) is 26.0 Å². The Morgan fingerprint density at radius 1 is 1.17 bits per heavy atom. The van der Waals surface area contributed by atoms with Gasteiger partial charge >= 0.3 is 0 Å². The van der Waals surface area contributed by atoms with Crippen molar-refractivity contribution in [1.29, 1.82) is 0 Å². The molecule has 18 heavy (non-hydrogen) atoms. The highest BCUT2D eigenvalue weighted by Crippen LogP contribution is 2.26. The maximum Gasteiger partial charge on any atom is 0.170 e. The van der Waals surface area contributed by atoms with E-state index in [0.717, 1.165) is 22.0 Å². The average Bonchev–Trinajstić information content (AvgIpc) is 2.81. The molecular formula is C13H8BrN3O. The Bertz CT molecular complexity index is 736. The fraction of sp³-hybridized carbons (Fsp3) is 0. The molecule has 0 unspecified atom stereocenters. The van der Waals surface area contributed by atoms with Gasteiger partial charge in [-0.15, -0.1) is 0 Å². The molecule has 0 bridgehead atoms. The number of carbonyl (C=O) groups excluding carboxylic acids is 1. The average molecular weight is 302 g/mol. The minimum atomic E-state index is 0.443. The highest BCUT2D eigenvalue weighted by molar-refractivity contribution is 9.10. The van der Waals surface area contributed by atoms with Crippen molar-refractivity contribution in [1.82, 2.24) is 14.6 Å². The van der Waals surface area contributed by atoms with Crippen molar-refractivity contribution in [2.45, 2.75) is 0 Å². The van der Waals surface area contributed by atoms with E-state index < -0.39 is 0 Å². The van der Waals surface area contributed by atoms with Crippen molar-refractivity contribution in [2.24, 2.45) is 0 Å². The van der Waals surface area contributed by atoms with E-state index in [4.69, 9.17) is 0 Å². The first-order valence-electron chi connectivity index (χ1n) is 5.34. The number of rotatable bonds is 2. The molecule has 0 atom stereocenters. The van der Waals surface area contributed by atoms with Crippen LogP contribution in [0.2, 0.25) is 0 Å². The van der Waals surface area contributed by atoms with Gasteiger partial charge in [-0.2, -0.15) is 5.10 Å². The van der Waals surface area contributed by atoms with Crippen LogP contribution in [0.1, 0.15) is 10.5 Å². The molecule has 1 aromatic carbocycles. The largest absolute Gasteiger partial charge is 0.296 e. The zero-order valence-corrected chi connectivity index (χ0v) is 10.8. The normalized spacial score (nSPS) is 10.7. The van der Waals surface area contributed by atoms with Crippen molar-refractivity contribution in [3.8, 4) is 11.3 Å². The van der Waals surface area contributed by atoms with Crippen LogP contribution in [0.5, 0.6) is 0 Å². The molecule has 3 aromatic rings. The number of aromatic nitrogens is 3. The fourth-order valence-electron chi connectivity index (χ4n) is 1.78. The Morgan fingerprint density at radius 2 is 2.00 bits per heavy atom. The molecular weight excluding hydrogens is 294 g/mol. The second-order valence-corrected chi connectivity index (χ2v) is 4.62. The predicted octanol–water partition coefficient (Wildman–Crippen LogP) is 2.97. The molecule has 2 heterocycles. The summed E-state index contributed by atoms with van der Waals surface area (Å²) in [5.74, 6) is 0. The summed E-state index contributed by atoms with van der Waals surface area (Å²) in [6, 6.07) is 11.5. The van der Waals surface area contributed by atoms with Crippen LogP contribution in [0.15, 0.2) is 47.1 Å². The summed E-state index contributed by atoms with van der Waals surface area (Å²) in [5.41, 5.74) is 2.87. The third-order valence-electron chi connectivity index (χ3n) is 2.66. The zero-order valence-electron chi connectivity index (χ0n) is 9.25. The van der Waals surface area contributed by atoms with Gasteiger partial charge in [0.25, 0.3) is 0 Å². The molecule has 0 aliphatic carbocycles. The molecule has 3 rings (SSSR count). The Labute approximate surface area is 111 Å². The van der Waals surface area contributed by atoms with Crippen LogP contribution in [0.3, 0.4) is 0 Å². The van der Waals surface area contributed by atoms with Crippen molar-refractivity contribution in [2.75, 3.05) is 0 Å². The number of nitrogens with zero attached hydrogens (tertiary/aromatic N) is 3. The van der Waals surface area contributed by atoms with Crippen LogP contribution >= 0.6 is 15.9 Å². The van der Waals surface area contributed by atoms with E-state index >= 15 is 0 Å². The minimum Gasteiger partial charge on any atom is -0.296 e. The predicted molar refractivity (Wildman–Crippen MR) is 71.5 cm³/mol. The van der Waals surface area contributed by atoms with Gasteiger partial charge < -0.3 is 0 Å². The molecule has 0 aliphatic rings.